The Bertz CT molecular complexity index is 795. The second-order valence-corrected chi connectivity index (χ2v) is 6.52. The maximum atomic E-state index is 12.5. The first-order chi connectivity index (χ1) is 12.9. The summed E-state index contributed by atoms with van der Waals surface area (Å²) in [7, 11) is 1.52. The normalized spacial score (nSPS) is 11.6. The Morgan fingerprint density at radius 1 is 1.07 bits per heavy atom. The number of carbonyl (C=O) groups is 2. The lowest BCUT2D eigenvalue weighted by Gasteiger charge is -2.21. The molecule has 0 aliphatic heterocycles. The van der Waals surface area contributed by atoms with Gasteiger partial charge in [-0.15, -0.1) is 0 Å². The van der Waals surface area contributed by atoms with Gasteiger partial charge in [-0.2, -0.15) is 0 Å². The van der Waals surface area contributed by atoms with Crippen LogP contribution < -0.4 is 15.4 Å². The Balaban J connectivity index is 2.17. The molecule has 0 aromatic heterocycles. The summed E-state index contributed by atoms with van der Waals surface area (Å²) in [5.41, 5.74) is 1.15. The number of carbonyl (C=O) groups excluding carboxylic acids is 2. The summed E-state index contributed by atoms with van der Waals surface area (Å²) in [5, 5.41) is 5.97. The Hall–Kier alpha value is -2.73. The van der Waals surface area contributed by atoms with E-state index in [0.717, 1.165) is 0 Å². The molecule has 144 valence electrons. The van der Waals surface area contributed by atoms with Gasteiger partial charge in [-0.25, -0.2) is 4.79 Å². The summed E-state index contributed by atoms with van der Waals surface area (Å²) in [6, 6.07) is 13.0. The zero-order valence-electron chi connectivity index (χ0n) is 15.5. The van der Waals surface area contributed by atoms with Gasteiger partial charge in [-0.1, -0.05) is 41.9 Å². The van der Waals surface area contributed by atoms with Crippen LogP contribution in [0.15, 0.2) is 48.5 Å². The minimum atomic E-state index is -0.639. The number of nitrogens with one attached hydrogen (secondary N) is 2. The molecule has 7 heteroatoms. The molecule has 2 N–H and O–H groups in total. The summed E-state index contributed by atoms with van der Waals surface area (Å²) in [6.45, 7) is 3.54. The van der Waals surface area contributed by atoms with Crippen molar-refractivity contribution in [3.63, 3.8) is 0 Å². The molecule has 0 aliphatic carbocycles. The van der Waals surface area contributed by atoms with Crippen LogP contribution >= 0.6 is 11.6 Å². The van der Waals surface area contributed by atoms with E-state index in [-0.39, 0.29) is 12.5 Å². The van der Waals surface area contributed by atoms with E-state index in [9.17, 15) is 9.59 Å². The first kappa shape index (κ1) is 20.6. The largest absolute Gasteiger partial charge is 0.495 e. The lowest BCUT2D eigenvalue weighted by atomic mass is 10.0. The smallest absolute Gasteiger partial charge is 0.319 e. The molecular weight excluding hydrogens is 368 g/mol. The van der Waals surface area contributed by atoms with Gasteiger partial charge in [0, 0.05) is 5.02 Å². The first-order valence-electron chi connectivity index (χ1n) is 8.55. The number of rotatable bonds is 7. The number of amides is 2. The van der Waals surface area contributed by atoms with Gasteiger partial charge >= 0.3 is 12.0 Å². The van der Waals surface area contributed by atoms with E-state index in [1.54, 1.807) is 62.4 Å². The van der Waals surface area contributed by atoms with Crippen LogP contribution in [0.4, 0.5) is 10.5 Å². The maximum absolute atomic E-state index is 12.5. The molecule has 2 rings (SSSR count). The zero-order valence-corrected chi connectivity index (χ0v) is 16.2. The van der Waals surface area contributed by atoms with Gasteiger partial charge in [0.1, 0.15) is 5.75 Å². The number of hydrogen-bond donors (Lipinski definition) is 2. The van der Waals surface area contributed by atoms with E-state index in [0.29, 0.717) is 22.0 Å². The van der Waals surface area contributed by atoms with E-state index in [4.69, 9.17) is 21.1 Å². The number of para-hydroxylation sites is 2. The molecule has 2 aromatic carbocycles. The van der Waals surface area contributed by atoms with Crippen LogP contribution in [-0.4, -0.2) is 25.2 Å². The molecule has 1 atom stereocenters. The average molecular weight is 391 g/mol. The van der Waals surface area contributed by atoms with Crippen LogP contribution in [0.25, 0.3) is 0 Å². The van der Waals surface area contributed by atoms with Gasteiger partial charge in [-0.3, -0.25) is 4.79 Å². The van der Waals surface area contributed by atoms with Crippen molar-refractivity contribution in [2.24, 2.45) is 0 Å². The highest BCUT2D eigenvalue weighted by atomic mass is 35.5. The fourth-order valence-electron chi connectivity index (χ4n) is 2.54. The number of esters is 1. The molecule has 0 fully saturated rings. The highest BCUT2D eigenvalue weighted by Crippen LogP contribution is 2.27. The number of halogens is 1. The predicted octanol–water partition coefficient (Wildman–Crippen LogP) is 4.55. The SMILES string of the molecule is COc1ccccc1NC(=O)NC(CC(=O)OC(C)C)c1ccccc1Cl. The van der Waals surface area contributed by atoms with Crippen molar-refractivity contribution in [3.8, 4) is 5.75 Å². The second-order valence-electron chi connectivity index (χ2n) is 6.12. The van der Waals surface area contributed by atoms with Crippen molar-refractivity contribution in [1.82, 2.24) is 5.32 Å². The summed E-state index contributed by atoms with van der Waals surface area (Å²) in [6.07, 6.45) is -0.284. The molecule has 0 bridgehead atoms. The molecule has 2 aromatic rings. The lowest BCUT2D eigenvalue weighted by Crippen LogP contribution is -2.34. The summed E-state index contributed by atoms with van der Waals surface area (Å²) >= 11 is 6.26. The molecule has 0 radical (unpaired) electrons. The fraction of sp³-hybridized carbons (Fsp3) is 0.300. The molecule has 0 spiro atoms. The van der Waals surface area contributed by atoms with Gasteiger partial charge in [0.25, 0.3) is 0 Å². The van der Waals surface area contributed by atoms with Gasteiger partial charge < -0.3 is 20.1 Å². The number of benzene rings is 2. The third kappa shape index (κ3) is 6.18. The Morgan fingerprint density at radius 3 is 2.41 bits per heavy atom. The van der Waals surface area contributed by atoms with E-state index in [2.05, 4.69) is 10.6 Å². The van der Waals surface area contributed by atoms with Crippen molar-refractivity contribution >= 4 is 29.3 Å². The third-order valence-corrected chi connectivity index (χ3v) is 4.02. The molecule has 0 heterocycles. The van der Waals surface area contributed by atoms with Crippen molar-refractivity contribution < 1.29 is 19.1 Å². The van der Waals surface area contributed by atoms with Gasteiger partial charge in [0.05, 0.1) is 31.4 Å². The Labute approximate surface area is 163 Å². The first-order valence-corrected chi connectivity index (χ1v) is 8.93. The van der Waals surface area contributed by atoms with Crippen LogP contribution in [0.3, 0.4) is 0 Å². The molecule has 27 heavy (non-hydrogen) atoms. The van der Waals surface area contributed by atoms with Crippen LogP contribution in [0.5, 0.6) is 5.75 Å². The molecule has 2 amide bonds. The molecule has 6 nitrogen and oxygen atoms in total. The lowest BCUT2D eigenvalue weighted by molar-refractivity contribution is -0.147. The molecular formula is C20H23ClN2O4. The molecule has 0 saturated heterocycles. The van der Waals surface area contributed by atoms with Gasteiger partial charge in [0.2, 0.25) is 0 Å². The molecule has 0 aliphatic rings. The van der Waals surface area contributed by atoms with E-state index < -0.39 is 18.0 Å². The minimum absolute atomic E-state index is 0.0404. The summed E-state index contributed by atoms with van der Waals surface area (Å²) in [4.78, 5) is 24.6. The van der Waals surface area contributed by atoms with E-state index in [1.807, 2.05) is 0 Å². The van der Waals surface area contributed by atoms with Crippen LogP contribution in [-0.2, 0) is 9.53 Å². The standard InChI is InChI=1S/C20H23ClN2O4/c1-13(2)27-19(24)12-17(14-8-4-5-9-15(14)21)23-20(25)22-16-10-6-7-11-18(16)26-3/h4-11,13,17H,12H2,1-3H3,(H2,22,23,25). The van der Waals surface area contributed by atoms with E-state index in [1.165, 1.54) is 7.11 Å². The van der Waals surface area contributed by atoms with Crippen molar-refractivity contribution in [1.29, 1.82) is 0 Å². The summed E-state index contributed by atoms with van der Waals surface area (Å²) in [5.74, 6) is 0.105. The Kier molecular flexibility index (Phi) is 7.49. The number of hydrogen-bond acceptors (Lipinski definition) is 4. The van der Waals surface area contributed by atoms with Crippen LogP contribution in [0.2, 0.25) is 5.02 Å². The van der Waals surface area contributed by atoms with Crippen LogP contribution in [0, 0.1) is 0 Å². The highest BCUT2D eigenvalue weighted by Gasteiger charge is 2.22. The number of anilines is 1. The third-order valence-electron chi connectivity index (χ3n) is 3.68. The van der Waals surface area contributed by atoms with Crippen molar-refractivity contribution in [2.45, 2.75) is 32.4 Å². The molecule has 0 saturated carbocycles. The summed E-state index contributed by atoms with van der Waals surface area (Å²) < 4.78 is 10.4. The van der Waals surface area contributed by atoms with Gasteiger partial charge in [-0.05, 0) is 37.6 Å². The fourth-order valence-corrected chi connectivity index (χ4v) is 2.81. The van der Waals surface area contributed by atoms with Crippen LogP contribution in [0.1, 0.15) is 31.9 Å². The van der Waals surface area contributed by atoms with Crippen molar-refractivity contribution in [3.05, 3.63) is 59.1 Å². The van der Waals surface area contributed by atoms with E-state index >= 15 is 0 Å². The monoisotopic (exact) mass is 390 g/mol. The van der Waals surface area contributed by atoms with Gasteiger partial charge in [0.15, 0.2) is 0 Å². The zero-order chi connectivity index (χ0) is 19.8. The highest BCUT2D eigenvalue weighted by molar-refractivity contribution is 6.31. The maximum Gasteiger partial charge on any atom is 0.319 e. The Morgan fingerprint density at radius 2 is 1.74 bits per heavy atom. The number of methoxy groups -OCH3 is 1. The minimum Gasteiger partial charge on any atom is -0.495 e. The van der Waals surface area contributed by atoms with Crippen molar-refractivity contribution in [2.75, 3.05) is 12.4 Å². The topological polar surface area (TPSA) is 76.7 Å². The second kappa shape index (κ2) is 9.83. The number of ether oxygens (including phenoxy) is 2. The quantitative estimate of drug-likeness (QED) is 0.680. The number of urea groups is 1. The average Bonchev–Trinajstić information content (AvgIpc) is 2.61. The molecule has 1 unspecified atom stereocenters. The predicted molar refractivity (Wildman–Crippen MR) is 105 cm³/mol.